The van der Waals surface area contributed by atoms with Gasteiger partial charge in [0.05, 0.1) is 5.60 Å². The predicted octanol–water partition coefficient (Wildman–Crippen LogP) is 2.46. The van der Waals surface area contributed by atoms with Gasteiger partial charge in [-0.3, -0.25) is 0 Å². The number of ether oxygens (including phenoxy) is 1. The lowest BCUT2D eigenvalue weighted by molar-refractivity contribution is 0.0757. The molecule has 64 valence electrons. The molecule has 1 saturated carbocycles. The summed E-state index contributed by atoms with van der Waals surface area (Å²) in [5.74, 6) is -0.156. The molecule has 1 aromatic rings. The van der Waals surface area contributed by atoms with E-state index in [1.54, 1.807) is 19.2 Å². The van der Waals surface area contributed by atoms with Crippen LogP contribution in [0.25, 0.3) is 0 Å². The first-order chi connectivity index (χ1) is 5.78. The Morgan fingerprint density at radius 1 is 1.33 bits per heavy atom. The van der Waals surface area contributed by atoms with Crippen LogP contribution in [0.1, 0.15) is 18.4 Å². The molecule has 0 bridgehead atoms. The summed E-state index contributed by atoms with van der Waals surface area (Å²) >= 11 is 0. The van der Waals surface area contributed by atoms with Crippen molar-refractivity contribution >= 4 is 0 Å². The Kier molecular flexibility index (Phi) is 1.65. The van der Waals surface area contributed by atoms with Gasteiger partial charge in [0, 0.05) is 12.7 Å². The van der Waals surface area contributed by atoms with Crippen molar-refractivity contribution in [2.24, 2.45) is 0 Å². The smallest absolute Gasteiger partial charge is 0.129 e. The maximum atomic E-state index is 13.2. The Bertz CT molecular complexity index is 292. The minimum atomic E-state index is -0.300. The second kappa shape index (κ2) is 2.56. The average Bonchev–Trinajstić information content (AvgIpc) is 2.86. The van der Waals surface area contributed by atoms with Gasteiger partial charge >= 0.3 is 0 Å². The highest BCUT2D eigenvalue weighted by Gasteiger charge is 2.46. The molecule has 2 heteroatoms. The quantitative estimate of drug-likeness (QED) is 0.655. The average molecular weight is 166 g/mol. The second-order valence-electron chi connectivity index (χ2n) is 3.18. The molecule has 1 aromatic carbocycles. The largest absolute Gasteiger partial charge is 0.373 e. The fourth-order valence-corrected chi connectivity index (χ4v) is 1.53. The van der Waals surface area contributed by atoms with E-state index in [-0.39, 0.29) is 11.4 Å². The molecular formula is C10H11FO. The maximum Gasteiger partial charge on any atom is 0.129 e. The molecule has 0 heterocycles. The Morgan fingerprint density at radius 2 is 2.00 bits per heavy atom. The molecule has 0 atom stereocenters. The van der Waals surface area contributed by atoms with Gasteiger partial charge in [-0.15, -0.1) is 0 Å². The number of hydrogen-bond donors (Lipinski definition) is 0. The number of halogens is 1. The molecule has 0 amide bonds. The van der Waals surface area contributed by atoms with E-state index in [9.17, 15) is 4.39 Å². The molecule has 0 saturated heterocycles. The Balaban J connectivity index is 2.40. The summed E-state index contributed by atoms with van der Waals surface area (Å²) in [5, 5.41) is 0. The molecule has 0 radical (unpaired) electrons. The Morgan fingerprint density at radius 3 is 2.50 bits per heavy atom. The van der Waals surface area contributed by atoms with Gasteiger partial charge in [0.1, 0.15) is 5.82 Å². The molecule has 0 aromatic heterocycles. The zero-order valence-corrected chi connectivity index (χ0v) is 7.01. The van der Waals surface area contributed by atoms with Crippen LogP contribution in [0.5, 0.6) is 0 Å². The first kappa shape index (κ1) is 7.74. The molecular weight excluding hydrogens is 155 g/mol. The molecule has 1 nitrogen and oxygen atoms in total. The number of methoxy groups -OCH3 is 1. The summed E-state index contributed by atoms with van der Waals surface area (Å²) in [4.78, 5) is 0. The van der Waals surface area contributed by atoms with Crippen LogP contribution in [0.4, 0.5) is 4.39 Å². The van der Waals surface area contributed by atoms with Gasteiger partial charge in [-0.1, -0.05) is 18.2 Å². The highest BCUT2D eigenvalue weighted by molar-refractivity contribution is 5.29. The lowest BCUT2D eigenvalue weighted by Crippen LogP contribution is -2.10. The molecule has 12 heavy (non-hydrogen) atoms. The van der Waals surface area contributed by atoms with E-state index in [1.807, 2.05) is 6.07 Å². The van der Waals surface area contributed by atoms with Crippen LogP contribution in [-0.4, -0.2) is 7.11 Å². The second-order valence-corrected chi connectivity index (χ2v) is 3.18. The van der Waals surface area contributed by atoms with Crippen molar-refractivity contribution < 1.29 is 9.13 Å². The lowest BCUT2D eigenvalue weighted by Gasteiger charge is -2.13. The van der Waals surface area contributed by atoms with E-state index in [1.165, 1.54) is 6.07 Å². The summed E-state index contributed by atoms with van der Waals surface area (Å²) in [6.07, 6.45) is 1.87. The monoisotopic (exact) mass is 166 g/mol. The van der Waals surface area contributed by atoms with Gasteiger partial charge in [-0.25, -0.2) is 4.39 Å². The van der Waals surface area contributed by atoms with Crippen LogP contribution in [-0.2, 0) is 10.3 Å². The molecule has 1 aliphatic carbocycles. The van der Waals surface area contributed by atoms with Gasteiger partial charge in [-0.05, 0) is 18.9 Å². The summed E-state index contributed by atoms with van der Waals surface area (Å²) in [7, 11) is 1.64. The standard InChI is InChI=1S/C10H11FO/c1-12-10(6-7-10)8-4-2-3-5-9(8)11/h2-5H,6-7H2,1H3. The fourth-order valence-electron chi connectivity index (χ4n) is 1.53. The summed E-state index contributed by atoms with van der Waals surface area (Å²) in [6, 6.07) is 6.82. The van der Waals surface area contributed by atoms with Crippen LogP contribution in [0, 0.1) is 5.82 Å². The molecule has 0 spiro atoms. The van der Waals surface area contributed by atoms with E-state index >= 15 is 0 Å². The normalized spacial score (nSPS) is 19.2. The first-order valence-corrected chi connectivity index (χ1v) is 4.09. The van der Waals surface area contributed by atoms with Gasteiger partial charge in [-0.2, -0.15) is 0 Å². The molecule has 0 N–H and O–H groups in total. The van der Waals surface area contributed by atoms with E-state index in [0.29, 0.717) is 5.56 Å². The van der Waals surface area contributed by atoms with Gasteiger partial charge in [0.25, 0.3) is 0 Å². The van der Waals surface area contributed by atoms with E-state index in [4.69, 9.17) is 4.74 Å². The molecule has 1 aliphatic rings. The van der Waals surface area contributed by atoms with E-state index in [0.717, 1.165) is 12.8 Å². The van der Waals surface area contributed by atoms with Crippen LogP contribution in [0.2, 0.25) is 0 Å². The van der Waals surface area contributed by atoms with Gasteiger partial charge < -0.3 is 4.74 Å². The van der Waals surface area contributed by atoms with E-state index in [2.05, 4.69) is 0 Å². The summed E-state index contributed by atoms with van der Waals surface area (Å²) < 4.78 is 18.5. The Hall–Kier alpha value is -0.890. The third kappa shape index (κ3) is 1.03. The SMILES string of the molecule is COC1(c2ccccc2F)CC1. The van der Waals surface area contributed by atoms with Crippen LogP contribution in [0.3, 0.4) is 0 Å². The van der Waals surface area contributed by atoms with Crippen molar-refractivity contribution in [3.05, 3.63) is 35.6 Å². The number of rotatable bonds is 2. The number of hydrogen-bond acceptors (Lipinski definition) is 1. The Labute approximate surface area is 71.2 Å². The minimum Gasteiger partial charge on any atom is -0.373 e. The van der Waals surface area contributed by atoms with Crippen molar-refractivity contribution in [1.82, 2.24) is 0 Å². The molecule has 0 unspecified atom stereocenters. The zero-order valence-electron chi connectivity index (χ0n) is 7.01. The number of benzene rings is 1. The predicted molar refractivity (Wildman–Crippen MR) is 44.3 cm³/mol. The third-order valence-corrected chi connectivity index (χ3v) is 2.46. The molecule has 1 fully saturated rings. The van der Waals surface area contributed by atoms with Crippen molar-refractivity contribution in [3.63, 3.8) is 0 Å². The third-order valence-electron chi connectivity index (χ3n) is 2.46. The maximum absolute atomic E-state index is 13.2. The van der Waals surface area contributed by atoms with Crippen molar-refractivity contribution in [3.8, 4) is 0 Å². The van der Waals surface area contributed by atoms with Crippen molar-refractivity contribution in [2.75, 3.05) is 7.11 Å². The molecule has 0 aliphatic heterocycles. The molecule has 2 rings (SSSR count). The van der Waals surface area contributed by atoms with Crippen LogP contribution in [0.15, 0.2) is 24.3 Å². The topological polar surface area (TPSA) is 9.23 Å². The minimum absolute atomic E-state index is 0.156. The first-order valence-electron chi connectivity index (χ1n) is 4.09. The fraction of sp³-hybridized carbons (Fsp3) is 0.400. The van der Waals surface area contributed by atoms with Crippen LogP contribution >= 0.6 is 0 Å². The van der Waals surface area contributed by atoms with Crippen molar-refractivity contribution in [2.45, 2.75) is 18.4 Å². The summed E-state index contributed by atoms with van der Waals surface area (Å²) in [5.41, 5.74) is 0.401. The van der Waals surface area contributed by atoms with Crippen LogP contribution < -0.4 is 0 Å². The zero-order chi connectivity index (χ0) is 8.60. The van der Waals surface area contributed by atoms with E-state index < -0.39 is 0 Å². The lowest BCUT2D eigenvalue weighted by atomic mass is 10.1. The van der Waals surface area contributed by atoms with Crippen molar-refractivity contribution in [1.29, 1.82) is 0 Å². The van der Waals surface area contributed by atoms with Gasteiger partial charge in [0.15, 0.2) is 0 Å². The summed E-state index contributed by atoms with van der Waals surface area (Å²) in [6.45, 7) is 0. The highest BCUT2D eigenvalue weighted by atomic mass is 19.1. The highest BCUT2D eigenvalue weighted by Crippen LogP contribution is 2.49. The van der Waals surface area contributed by atoms with Gasteiger partial charge in [0.2, 0.25) is 0 Å².